The van der Waals surface area contributed by atoms with Gasteiger partial charge in [-0.2, -0.15) is 0 Å². The maximum atomic E-state index is 12.3. The molecule has 1 aromatic heterocycles. The molecule has 26 heavy (non-hydrogen) atoms. The van der Waals surface area contributed by atoms with Crippen LogP contribution in [-0.2, 0) is 4.74 Å². The van der Waals surface area contributed by atoms with Gasteiger partial charge in [0.2, 0.25) is 0 Å². The topological polar surface area (TPSA) is 92.0 Å². The summed E-state index contributed by atoms with van der Waals surface area (Å²) >= 11 is 0. The summed E-state index contributed by atoms with van der Waals surface area (Å²) in [6.07, 6.45) is 3.10. The van der Waals surface area contributed by atoms with Crippen LogP contribution in [0.2, 0.25) is 0 Å². The molecule has 3 aromatic rings. The molecule has 0 aliphatic carbocycles. The van der Waals surface area contributed by atoms with E-state index >= 15 is 0 Å². The molecule has 0 unspecified atom stereocenters. The van der Waals surface area contributed by atoms with Gasteiger partial charge in [0.15, 0.2) is 0 Å². The van der Waals surface area contributed by atoms with Crippen molar-refractivity contribution in [2.24, 2.45) is 0 Å². The molecule has 1 heterocycles. The maximum absolute atomic E-state index is 12.3. The standard InChI is InChI=1S/C20H16N2O4/c1-26-20(25)15-9-5-8-14(10-15)12-17-19(24)21-16(18(23)22-17)11-13-6-3-2-4-7-13/h2-12H,1H3,(H,21,24)(H,22,23). The highest BCUT2D eigenvalue weighted by Crippen LogP contribution is 2.06. The minimum absolute atomic E-state index is 0.0993. The zero-order chi connectivity index (χ0) is 18.5. The van der Waals surface area contributed by atoms with Gasteiger partial charge in [0.05, 0.1) is 12.7 Å². The Balaban J connectivity index is 2.08. The minimum Gasteiger partial charge on any atom is -0.465 e. The lowest BCUT2D eigenvalue weighted by atomic mass is 10.1. The lowest BCUT2D eigenvalue weighted by Gasteiger charge is -2.00. The van der Waals surface area contributed by atoms with Crippen LogP contribution in [0.1, 0.15) is 21.5 Å². The second kappa shape index (κ2) is 7.48. The van der Waals surface area contributed by atoms with Crippen LogP contribution >= 0.6 is 0 Å². The molecular weight excluding hydrogens is 332 g/mol. The van der Waals surface area contributed by atoms with E-state index in [0.29, 0.717) is 11.1 Å². The molecule has 2 N–H and O–H groups in total. The number of hydrogen-bond donors (Lipinski definition) is 2. The molecule has 0 aliphatic rings. The number of ether oxygens (including phenoxy) is 1. The fourth-order valence-electron chi connectivity index (χ4n) is 2.45. The molecule has 0 aliphatic heterocycles. The van der Waals surface area contributed by atoms with Gasteiger partial charge in [0.25, 0.3) is 11.1 Å². The van der Waals surface area contributed by atoms with Gasteiger partial charge in [-0.25, -0.2) is 4.79 Å². The second-order valence-electron chi connectivity index (χ2n) is 5.55. The third-order valence-electron chi connectivity index (χ3n) is 3.71. The third kappa shape index (κ3) is 3.87. The highest BCUT2D eigenvalue weighted by Gasteiger charge is 2.04. The monoisotopic (exact) mass is 348 g/mol. The van der Waals surface area contributed by atoms with Crippen LogP contribution in [0.5, 0.6) is 0 Å². The quantitative estimate of drug-likeness (QED) is 0.675. The zero-order valence-corrected chi connectivity index (χ0v) is 14.0. The number of hydrogen-bond acceptors (Lipinski definition) is 4. The summed E-state index contributed by atoms with van der Waals surface area (Å²) in [4.78, 5) is 41.3. The van der Waals surface area contributed by atoms with E-state index in [1.165, 1.54) is 13.2 Å². The first-order valence-corrected chi connectivity index (χ1v) is 7.86. The predicted octanol–water partition coefficient (Wildman–Crippen LogP) is 0.507. The van der Waals surface area contributed by atoms with Crippen molar-refractivity contribution in [2.45, 2.75) is 0 Å². The van der Waals surface area contributed by atoms with E-state index in [-0.39, 0.29) is 10.7 Å². The van der Waals surface area contributed by atoms with Crippen LogP contribution in [-0.4, -0.2) is 23.0 Å². The van der Waals surface area contributed by atoms with Gasteiger partial charge in [0.1, 0.15) is 10.7 Å². The van der Waals surface area contributed by atoms with Gasteiger partial charge in [0, 0.05) is 0 Å². The summed E-state index contributed by atoms with van der Waals surface area (Å²) in [5.74, 6) is -0.476. The van der Waals surface area contributed by atoms with Crippen LogP contribution < -0.4 is 21.8 Å². The van der Waals surface area contributed by atoms with E-state index in [9.17, 15) is 14.4 Å². The molecule has 0 bridgehead atoms. The lowest BCUT2D eigenvalue weighted by molar-refractivity contribution is 0.0600. The van der Waals surface area contributed by atoms with E-state index in [2.05, 4.69) is 14.7 Å². The average molecular weight is 348 g/mol. The number of nitrogens with one attached hydrogen (secondary N) is 2. The molecule has 2 aromatic carbocycles. The van der Waals surface area contributed by atoms with Crippen molar-refractivity contribution in [2.75, 3.05) is 7.11 Å². The van der Waals surface area contributed by atoms with Gasteiger partial charge in [-0.3, -0.25) is 9.59 Å². The number of methoxy groups -OCH3 is 1. The number of H-pyrrole nitrogens is 2. The fraction of sp³-hybridized carbons (Fsp3) is 0.0500. The summed E-state index contributed by atoms with van der Waals surface area (Å²) in [5, 5.41) is 0.267. The average Bonchev–Trinajstić information content (AvgIpc) is 2.66. The Kier molecular flexibility index (Phi) is 4.94. The molecular formula is C20H16N2O4. The summed E-state index contributed by atoms with van der Waals surface area (Å²) in [6, 6.07) is 15.8. The van der Waals surface area contributed by atoms with Gasteiger partial charge in [-0.15, -0.1) is 0 Å². The fourth-order valence-corrected chi connectivity index (χ4v) is 2.45. The first kappa shape index (κ1) is 17.2. The summed E-state index contributed by atoms with van der Waals surface area (Å²) in [5.41, 5.74) is 0.901. The molecule has 0 radical (unpaired) electrons. The lowest BCUT2D eigenvalue weighted by Crippen LogP contribution is -2.46. The minimum atomic E-state index is -0.476. The van der Waals surface area contributed by atoms with E-state index in [1.807, 2.05) is 30.3 Å². The predicted molar refractivity (Wildman–Crippen MR) is 98.3 cm³/mol. The van der Waals surface area contributed by atoms with Crippen molar-refractivity contribution in [1.82, 2.24) is 9.97 Å². The Morgan fingerprint density at radius 3 is 2.04 bits per heavy atom. The van der Waals surface area contributed by atoms with Crippen LogP contribution in [0.25, 0.3) is 12.2 Å². The van der Waals surface area contributed by atoms with Crippen LogP contribution in [0, 0.1) is 0 Å². The smallest absolute Gasteiger partial charge is 0.337 e. The second-order valence-corrected chi connectivity index (χ2v) is 5.55. The summed E-state index contributed by atoms with van der Waals surface area (Å²) < 4.78 is 4.67. The van der Waals surface area contributed by atoms with Crippen molar-refractivity contribution >= 4 is 18.1 Å². The van der Waals surface area contributed by atoms with Gasteiger partial charge in [-0.1, -0.05) is 42.5 Å². The molecule has 0 amide bonds. The van der Waals surface area contributed by atoms with Crippen molar-refractivity contribution < 1.29 is 9.53 Å². The molecule has 6 heteroatoms. The number of aromatic amines is 2. The Hall–Kier alpha value is -3.67. The Morgan fingerprint density at radius 1 is 0.846 bits per heavy atom. The van der Waals surface area contributed by atoms with E-state index in [4.69, 9.17) is 0 Å². The molecule has 0 atom stereocenters. The van der Waals surface area contributed by atoms with Gasteiger partial charge in [-0.05, 0) is 35.4 Å². The number of rotatable bonds is 3. The van der Waals surface area contributed by atoms with Gasteiger partial charge < -0.3 is 14.7 Å². The van der Waals surface area contributed by atoms with Crippen molar-refractivity contribution in [3.63, 3.8) is 0 Å². The van der Waals surface area contributed by atoms with E-state index in [1.54, 1.807) is 30.3 Å². The maximum Gasteiger partial charge on any atom is 0.337 e. The molecule has 6 nitrogen and oxygen atoms in total. The van der Waals surface area contributed by atoms with Crippen LogP contribution in [0.3, 0.4) is 0 Å². The van der Waals surface area contributed by atoms with E-state index < -0.39 is 17.1 Å². The van der Waals surface area contributed by atoms with Crippen molar-refractivity contribution in [1.29, 1.82) is 0 Å². The third-order valence-corrected chi connectivity index (χ3v) is 3.71. The van der Waals surface area contributed by atoms with Crippen molar-refractivity contribution in [3.05, 3.63) is 103 Å². The largest absolute Gasteiger partial charge is 0.465 e. The zero-order valence-electron chi connectivity index (χ0n) is 14.0. The molecule has 130 valence electrons. The molecule has 0 spiro atoms. The molecule has 3 rings (SSSR count). The van der Waals surface area contributed by atoms with E-state index in [0.717, 1.165) is 5.56 Å². The number of esters is 1. The number of carbonyl (C=O) groups excluding carboxylic acids is 1. The Bertz CT molecular complexity index is 1170. The van der Waals surface area contributed by atoms with Gasteiger partial charge >= 0.3 is 5.97 Å². The Labute approximate surface area is 148 Å². The number of benzene rings is 2. The first-order chi connectivity index (χ1) is 12.6. The molecule has 0 saturated heterocycles. The van der Waals surface area contributed by atoms with Crippen LogP contribution in [0.4, 0.5) is 0 Å². The normalized spacial score (nSPS) is 12.2. The summed E-state index contributed by atoms with van der Waals surface area (Å²) in [6.45, 7) is 0. The SMILES string of the molecule is COC(=O)c1cccc(C=c2[nH]c(=O)c(=Cc3ccccc3)[nH]c2=O)c1. The van der Waals surface area contributed by atoms with Crippen molar-refractivity contribution in [3.8, 4) is 0 Å². The molecule has 0 fully saturated rings. The first-order valence-electron chi connectivity index (χ1n) is 7.86. The summed E-state index contributed by atoms with van der Waals surface area (Å²) in [7, 11) is 1.29. The Morgan fingerprint density at radius 2 is 1.42 bits per heavy atom. The highest BCUT2D eigenvalue weighted by molar-refractivity contribution is 5.89. The highest BCUT2D eigenvalue weighted by atomic mass is 16.5. The molecule has 0 saturated carbocycles. The number of aromatic nitrogens is 2. The number of carbonyl (C=O) groups is 1. The van der Waals surface area contributed by atoms with Crippen LogP contribution in [0.15, 0.2) is 64.2 Å².